The molecule has 0 aliphatic carbocycles. The van der Waals surface area contributed by atoms with Gasteiger partial charge in [0.15, 0.2) is 0 Å². The number of thiazole rings is 1. The van der Waals surface area contributed by atoms with Crippen LogP contribution in [0, 0.1) is 6.92 Å². The highest BCUT2D eigenvalue weighted by molar-refractivity contribution is 7.09. The van der Waals surface area contributed by atoms with E-state index in [0.717, 1.165) is 16.4 Å². The van der Waals surface area contributed by atoms with E-state index < -0.39 is 0 Å². The molecule has 84 valence electrons. The van der Waals surface area contributed by atoms with E-state index in [1.807, 2.05) is 29.8 Å². The number of rotatable bonds is 3. The monoisotopic (exact) mass is 233 g/mol. The number of hydrogen-bond donors (Lipinski definition) is 2. The van der Waals surface area contributed by atoms with Crippen molar-refractivity contribution in [1.82, 2.24) is 4.98 Å². The lowest BCUT2D eigenvalue weighted by atomic mass is 10.1. The van der Waals surface area contributed by atoms with Crippen LogP contribution in [0.25, 0.3) is 0 Å². The molecule has 1 aromatic heterocycles. The Labute approximate surface area is 99.3 Å². The zero-order valence-electron chi connectivity index (χ0n) is 9.40. The van der Waals surface area contributed by atoms with Gasteiger partial charge < -0.3 is 11.1 Å². The highest BCUT2D eigenvalue weighted by Gasteiger charge is 2.08. The van der Waals surface area contributed by atoms with E-state index in [4.69, 9.17) is 5.73 Å². The molecule has 1 aromatic carbocycles. The average Bonchev–Trinajstić information content (AvgIpc) is 2.76. The molecule has 0 amide bonds. The number of benzene rings is 1. The molecule has 0 spiro atoms. The summed E-state index contributed by atoms with van der Waals surface area (Å²) in [5, 5.41) is 6.49. The molecule has 2 aromatic rings. The molecule has 3 nitrogen and oxygen atoms in total. The first-order valence-electron chi connectivity index (χ1n) is 5.19. The summed E-state index contributed by atoms with van der Waals surface area (Å²) in [6.07, 6.45) is 1.82. The van der Waals surface area contributed by atoms with Crippen molar-refractivity contribution in [2.24, 2.45) is 0 Å². The van der Waals surface area contributed by atoms with Gasteiger partial charge in [0, 0.05) is 23.0 Å². The van der Waals surface area contributed by atoms with E-state index in [9.17, 15) is 0 Å². The van der Waals surface area contributed by atoms with E-state index >= 15 is 0 Å². The molecular formula is C12H15N3S. The zero-order chi connectivity index (χ0) is 11.5. The summed E-state index contributed by atoms with van der Waals surface area (Å²) >= 11 is 1.66. The molecule has 1 atom stereocenters. The molecule has 4 heteroatoms. The number of hydrogen-bond acceptors (Lipinski definition) is 4. The summed E-state index contributed by atoms with van der Waals surface area (Å²) < 4.78 is 0. The minimum Gasteiger partial charge on any atom is -0.399 e. The predicted octanol–water partition coefficient (Wildman–Crippen LogP) is 3.21. The Kier molecular flexibility index (Phi) is 3.10. The second-order valence-corrected chi connectivity index (χ2v) is 4.74. The maximum Gasteiger partial charge on any atom is 0.115 e. The predicted molar refractivity (Wildman–Crippen MR) is 69.7 cm³/mol. The number of nitrogens with two attached hydrogens (primary N) is 1. The quantitative estimate of drug-likeness (QED) is 0.800. The first-order chi connectivity index (χ1) is 7.66. The fourth-order valence-corrected chi connectivity index (χ4v) is 2.18. The van der Waals surface area contributed by atoms with Gasteiger partial charge in [0.05, 0.1) is 6.04 Å². The summed E-state index contributed by atoms with van der Waals surface area (Å²) in [5.74, 6) is 0. The Morgan fingerprint density at radius 3 is 2.94 bits per heavy atom. The Bertz CT molecular complexity index is 465. The molecule has 0 radical (unpaired) electrons. The molecule has 16 heavy (non-hydrogen) atoms. The third kappa shape index (κ3) is 2.33. The Morgan fingerprint density at radius 2 is 2.25 bits per heavy atom. The molecule has 2 rings (SSSR count). The van der Waals surface area contributed by atoms with Gasteiger partial charge in [-0.25, -0.2) is 4.98 Å². The van der Waals surface area contributed by atoms with Crippen LogP contribution in [0.2, 0.25) is 0 Å². The van der Waals surface area contributed by atoms with Crippen LogP contribution < -0.4 is 11.1 Å². The van der Waals surface area contributed by atoms with Crippen LogP contribution in [-0.2, 0) is 0 Å². The lowest BCUT2D eigenvalue weighted by molar-refractivity contribution is 0.868. The van der Waals surface area contributed by atoms with Crippen molar-refractivity contribution in [3.63, 3.8) is 0 Å². The number of nitrogens with one attached hydrogen (secondary N) is 1. The largest absolute Gasteiger partial charge is 0.399 e. The zero-order valence-corrected chi connectivity index (χ0v) is 10.2. The number of anilines is 2. The Morgan fingerprint density at radius 1 is 1.44 bits per heavy atom. The van der Waals surface area contributed by atoms with Crippen molar-refractivity contribution in [2.75, 3.05) is 11.1 Å². The second-order valence-electron chi connectivity index (χ2n) is 3.81. The van der Waals surface area contributed by atoms with Gasteiger partial charge in [-0.05, 0) is 31.5 Å². The minimum atomic E-state index is 0.209. The van der Waals surface area contributed by atoms with E-state index in [1.54, 1.807) is 11.3 Å². The molecule has 0 saturated heterocycles. The van der Waals surface area contributed by atoms with Crippen molar-refractivity contribution in [3.8, 4) is 0 Å². The normalized spacial score (nSPS) is 12.4. The van der Waals surface area contributed by atoms with Crippen molar-refractivity contribution >= 4 is 22.7 Å². The van der Waals surface area contributed by atoms with Crippen LogP contribution in [0.3, 0.4) is 0 Å². The van der Waals surface area contributed by atoms with E-state index in [-0.39, 0.29) is 6.04 Å². The van der Waals surface area contributed by atoms with Crippen LogP contribution in [0.5, 0.6) is 0 Å². The third-order valence-electron chi connectivity index (χ3n) is 2.46. The molecular weight excluding hydrogens is 218 g/mol. The van der Waals surface area contributed by atoms with Crippen molar-refractivity contribution in [1.29, 1.82) is 0 Å². The number of aromatic nitrogens is 1. The standard InChI is InChI=1S/C12H15N3S/c1-8-3-4-10(13)7-11(8)15-9(2)12-14-5-6-16-12/h3-7,9,15H,13H2,1-2H3. The lowest BCUT2D eigenvalue weighted by Crippen LogP contribution is -2.07. The van der Waals surface area contributed by atoms with Gasteiger partial charge in [-0.2, -0.15) is 0 Å². The van der Waals surface area contributed by atoms with Crippen LogP contribution in [-0.4, -0.2) is 4.98 Å². The Balaban J connectivity index is 2.17. The van der Waals surface area contributed by atoms with Gasteiger partial charge in [-0.15, -0.1) is 11.3 Å². The van der Waals surface area contributed by atoms with Gasteiger partial charge in [0.2, 0.25) is 0 Å². The van der Waals surface area contributed by atoms with Gasteiger partial charge in [0.25, 0.3) is 0 Å². The van der Waals surface area contributed by atoms with Crippen molar-refractivity contribution in [3.05, 3.63) is 40.3 Å². The molecule has 0 bridgehead atoms. The summed E-state index contributed by atoms with van der Waals surface area (Å²) in [6, 6.07) is 6.10. The first-order valence-corrected chi connectivity index (χ1v) is 6.07. The molecule has 0 saturated carbocycles. The maximum atomic E-state index is 5.77. The smallest absolute Gasteiger partial charge is 0.115 e. The summed E-state index contributed by atoms with van der Waals surface area (Å²) in [7, 11) is 0. The van der Waals surface area contributed by atoms with Crippen molar-refractivity contribution < 1.29 is 0 Å². The number of aryl methyl sites for hydroxylation is 1. The third-order valence-corrected chi connectivity index (χ3v) is 3.41. The molecule has 0 fully saturated rings. The summed E-state index contributed by atoms with van der Waals surface area (Å²) in [6.45, 7) is 4.16. The molecule has 0 aliphatic rings. The van der Waals surface area contributed by atoms with Crippen LogP contribution >= 0.6 is 11.3 Å². The van der Waals surface area contributed by atoms with Gasteiger partial charge in [0.1, 0.15) is 5.01 Å². The highest BCUT2D eigenvalue weighted by atomic mass is 32.1. The summed E-state index contributed by atoms with van der Waals surface area (Å²) in [5.41, 5.74) is 8.81. The fourth-order valence-electron chi connectivity index (χ4n) is 1.54. The highest BCUT2D eigenvalue weighted by Crippen LogP contribution is 2.24. The minimum absolute atomic E-state index is 0.209. The van der Waals surface area contributed by atoms with Gasteiger partial charge in [-0.3, -0.25) is 0 Å². The first kappa shape index (κ1) is 11.0. The SMILES string of the molecule is Cc1ccc(N)cc1NC(C)c1nccs1. The molecule has 0 aliphatic heterocycles. The topological polar surface area (TPSA) is 50.9 Å². The number of nitrogens with zero attached hydrogens (tertiary/aromatic N) is 1. The van der Waals surface area contributed by atoms with Gasteiger partial charge in [-0.1, -0.05) is 6.07 Å². The average molecular weight is 233 g/mol. The molecule has 1 unspecified atom stereocenters. The summed E-state index contributed by atoms with van der Waals surface area (Å²) in [4.78, 5) is 4.29. The van der Waals surface area contributed by atoms with E-state index in [2.05, 4.69) is 24.1 Å². The molecule has 1 heterocycles. The van der Waals surface area contributed by atoms with Crippen LogP contribution in [0.4, 0.5) is 11.4 Å². The number of nitrogen functional groups attached to an aromatic ring is 1. The lowest BCUT2D eigenvalue weighted by Gasteiger charge is -2.15. The second kappa shape index (κ2) is 4.53. The van der Waals surface area contributed by atoms with Crippen LogP contribution in [0.1, 0.15) is 23.5 Å². The van der Waals surface area contributed by atoms with E-state index in [0.29, 0.717) is 0 Å². The van der Waals surface area contributed by atoms with E-state index in [1.165, 1.54) is 5.56 Å². The van der Waals surface area contributed by atoms with Crippen molar-refractivity contribution in [2.45, 2.75) is 19.9 Å². The maximum absolute atomic E-state index is 5.77. The molecule has 3 N–H and O–H groups in total. The van der Waals surface area contributed by atoms with Gasteiger partial charge >= 0.3 is 0 Å². The fraction of sp³-hybridized carbons (Fsp3) is 0.250. The Hall–Kier alpha value is -1.55. The van der Waals surface area contributed by atoms with Crippen LogP contribution in [0.15, 0.2) is 29.8 Å².